The molecule has 1 N–H and O–H groups in total. The number of ketones is 2. The second-order valence-corrected chi connectivity index (χ2v) is 10.8. The number of carbonyl (C=O) groups excluding carboxylic acids is 3. The van der Waals surface area contributed by atoms with Gasteiger partial charge in [-0.3, -0.25) is 14.4 Å². The summed E-state index contributed by atoms with van der Waals surface area (Å²) in [6.07, 6.45) is 4.67. The summed E-state index contributed by atoms with van der Waals surface area (Å²) in [5.41, 5.74) is -4.83. The van der Waals surface area contributed by atoms with Crippen molar-refractivity contribution in [1.29, 1.82) is 0 Å². The van der Waals surface area contributed by atoms with Crippen molar-refractivity contribution in [3.05, 3.63) is 23.8 Å². The summed E-state index contributed by atoms with van der Waals surface area (Å²) in [5, 5.41) is 11.4. The molecule has 7 heteroatoms. The molecule has 0 aromatic carbocycles. The van der Waals surface area contributed by atoms with Gasteiger partial charge >= 0.3 is 5.97 Å². The van der Waals surface area contributed by atoms with Crippen molar-refractivity contribution in [2.75, 3.05) is 5.88 Å². The maximum atomic E-state index is 17.2. The first kappa shape index (κ1) is 23.6. The molecular weight excluding hydrogens is 435 g/mol. The van der Waals surface area contributed by atoms with E-state index in [2.05, 4.69) is 0 Å². The second kappa shape index (κ2) is 7.49. The summed E-state index contributed by atoms with van der Waals surface area (Å²) in [7, 11) is 0. The number of halogens is 2. The fraction of sp³-hybridized carbons (Fsp3) is 0.720. The van der Waals surface area contributed by atoms with Crippen LogP contribution in [0.15, 0.2) is 23.8 Å². The molecule has 4 aliphatic carbocycles. The molecule has 0 heterocycles. The molecule has 0 saturated heterocycles. The number of Topliss-reactive ketones (excluding diaryl/α,β-unsaturated/α-hetero) is 1. The van der Waals surface area contributed by atoms with Gasteiger partial charge in [-0.1, -0.05) is 32.4 Å². The minimum Gasteiger partial charge on any atom is -0.450 e. The maximum Gasteiger partial charge on any atom is 0.306 e. The number of allylic oxidation sites excluding steroid dienone is 4. The largest absolute Gasteiger partial charge is 0.450 e. The fourth-order valence-corrected chi connectivity index (χ4v) is 7.95. The molecule has 0 aromatic rings. The summed E-state index contributed by atoms with van der Waals surface area (Å²) in [4.78, 5) is 37.7. The molecule has 1 unspecified atom stereocenters. The van der Waals surface area contributed by atoms with Crippen molar-refractivity contribution < 1.29 is 28.6 Å². The highest BCUT2D eigenvalue weighted by Gasteiger charge is 2.77. The highest BCUT2D eigenvalue weighted by molar-refractivity contribution is 6.29. The monoisotopic (exact) mass is 466 g/mol. The third-order valence-corrected chi connectivity index (χ3v) is 9.52. The Balaban J connectivity index is 1.85. The van der Waals surface area contributed by atoms with Gasteiger partial charge in [0.25, 0.3) is 0 Å². The zero-order valence-corrected chi connectivity index (χ0v) is 19.9. The van der Waals surface area contributed by atoms with Crippen LogP contribution in [0.4, 0.5) is 4.39 Å². The van der Waals surface area contributed by atoms with Crippen LogP contribution in [-0.4, -0.2) is 45.9 Å². The fourth-order valence-electron chi connectivity index (χ4n) is 7.75. The van der Waals surface area contributed by atoms with Gasteiger partial charge in [-0.2, -0.15) is 0 Å². The average Bonchev–Trinajstić information content (AvgIpc) is 2.96. The predicted octanol–water partition coefficient (Wildman–Crippen LogP) is 4.10. The predicted molar refractivity (Wildman–Crippen MR) is 118 cm³/mol. The van der Waals surface area contributed by atoms with Gasteiger partial charge in [-0.25, -0.2) is 4.39 Å². The van der Waals surface area contributed by atoms with E-state index in [1.807, 2.05) is 13.8 Å². The van der Waals surface area contributed by atoms with Gasteiger partial charge in [0.2, 0.25) is 0 Å². The standard InChI is InChI=1S/C25H32ClFO5/c1-5-21(31)32-25(20(30)13-26)14(2)10-18-17-7-6-15-11-16(28)8-9-22(15,3)24(17,27)19(29)12-23(18,25)4/h8-9,11,14,17-19,29H,5-7,10,12-13H2,1-4H3/t14-,17+,18+,19+,22+,23+,24?,25+/m1/s1. The van der Waals surface area contributed by atoms with Crippen LogP contribution < -0.4 is 0 Å². The maximum absolute atomic E-state index is 17.2. The highest BCUT2D eigenvalue weighted by atomic mass is 35.5. The number of aliphatic hydroxyl groups is 1. The van der Waals surface area contributed by atoms with Gasteiger partial charge in [0.05, 0.1) is 12.0 Å². The SMILES string of the molecule is CCC(=O)O[C@]1(C(=O)CCl)[C@H](C)C[C@H]2[C@@H]3CCC4=CC(=O)C=C[C@]4(C)C3(F)[C@@H](O)C[C@@]21C. The number of alkyl halides is 2. The van der Waals surface area contributed by atoms with Crippen LogP contribution in [0.5, 0.6) is 0 Å². The number of hydrogen-bond donors (Lipinski definition) is 1. The van der Waals surface area contributed by atoms with Crippen LogP contribution in [0.3, 0.4) is 0 Å². The van der Waals surface area contributed by atoms with Gasteiger partial charge in [0.1, 0.15) is 0 Å². The van der Waals surface area contributed by atoms with E-state index in [1.165, 1.54) is 12.2 Å². The van der Waals surface area contributed by atoms with Gasteiger partial charge < -0.3 is 9.84 Å². The van der Waals surface area contributed by atoms with E-state index in [1.54, 1.807) is 19.9 Å². The van der Waals surface area contributed by atoms with E-state index in [-0.39, 0.29) is 42.1 Å². The first-order valence-electron chi connectivity index (χ1n) is 11.5. The number of hydrogen-bond acceptors (Lipinski definition) is 5. The molecule has 0 aromatic heterocycles. The lowest BCUT2D eigenvalue weighted by molar-refractivity contribution is -0.227. The molecule has 4 aliphatic rings. The topological polar surface area (TPSA) is 80.7 Å². The molecule has 3 fully saturated rings. The first-order chi connectivity index (χ1) is 14.9. The van der Waals surface area contributed by atoms with E-state index in [4.69, 9.17) is 16.3 Å². The van der Waals surface area contributed by atoms with Crippen molar-refractivity contribution in [2.24, 2.45) is 28.6 Å². The number of rotatable bonds is 4. The first-order valence-corrected chi connectivity index (χ1v) is 12.1. The molecule has 0 spiro atoms. The normalized spacial score (nSPS) is 47.2. The van der Waals surface area contributed by atoms with Crippen LogP contribution >= 0.6 is 11.6 Å². The van der Waals surface area contributed by atoms with Crippen molar-refractivity contribution in [3.8, 4) is 0 Å². The minimum atomic E-state index is -1.99. The Morgan fingerprint density at radius 1 is 1.31 bits per heavy atom. The Hall–Kier alpha value is -1.53. The quantitative estimate of drug-likeness (QED) is 0.498. The van der Waals surface area contributed by atoms with Crippen molar-refractivity contribution >= 4 is 29.1 Å². The molecule has 0 aliphatic heterocycles. The molecule has 5 nitrogen and oxygen atoms in total. The smallest absolute Gasteiger partial charge is 0.306 e. The molecule has 3 saturated carbocycles. The van der Waals surface area contributed by atoms with E-state index >= 15 is 4.39 Å². The lowest BCUT2D eigenvalue weighted by Crippen LogP contribution is -2.70. The van der Waals surface area contributed by atoms with Gasteiger partial charge in [0, 0.05) is 29.1 Å². The molecule has 0 amide bonds. The number of aliphatic hydroxyl groups excluding tert-OH is 1. The van der Waals surface area contributed by atoms with Crippen LogP contribution in [0.1, 0.15) is 59.8 Å². The molecule has 0 radical (unpaired) electrons. The van der Waals surface area contributed by atoms with E-state index in [0.29, 0.717) is 24.8 Å². The van der Waals surface area contributed by atoms with E-state index in [0.717, 1.165) is 0 Å². The van der Waals surface area contributed by atoms with Crippen LogP contribution in [0.25, 0.3) is 0 Å². The molecule has 8 atom stereocenters. The Labute approximate surface area is 193 Å². The molecular formula is C25H32ClFO5. The number of esters is 1. The lowest BCUT2D eigenvalue weighted by Gasteiger charge is -2.62. The summed E-state index contributed by atoms with van der Waals surface area (Å²) >= 11 is 6.01. The van der Waals surface area contributed by atoms with E-state index in [9.17, 15) is 19.5 Å². The lowest BCUT2D eigenvalue weighted by atomic mass is 9.44. The minimum absolute atomic E-state index is 0.0285. The Kier molecular flexibility index (Phi) is 5.53. The third kappa shape index (κ3) is 2.68. The zero-order chi connectivity index (χ0) is 23.7. The Bertz CT molecular complexity index is 929. The summed E-state index contributed by atoms with van der Waals surface area (Å²) in [6.45, 7) is 7.13. The molecule has 0 bridgehead atoms. The molecule has 176 valence electrons. The Morgan fingerprint density at radius 3 is 2.62 bits per heavy atom. The molecule has 32 heavy (non-hydrogen) atoms. The molecule has 4 rings (SSSR count). The van der Waals surface area contributed by atoms with Crippen LogP contribution in [0.2, 0.25) is 0 Å². The summed E-state index contributed by atoms with van der Waals surface area (Å²) < 4.78 is 23.1. The van der Waals surface area contributed by atoms with Crippen molar-refractivity contribution in [2.45, 2.75) is 77.2 Å². The number of ether oxygens (including phenoxy) is 1. The average molecular weight is 467 g/mol. The van der Waals surface area contributed by atoms with Crippen molar-refractivity contribution in [1.82, 2.24) is 0 Å². The highest BCUT2D eigenvalue weighted by Crippen LogP contribution is 2.71. The van der Waals surface area contributed by atoms with Gasteiger partial charge in [-0.15, -0.1) is 11.6 Å². The summed E-state index contributed by atoms with van der Waals surface area (Å²) in [6, 6.07) is 0. The number of carbonyl (C=O) groups is 3. The summed E-state index contributed by atoms with van der Waals surface area (Å²) in [5.74, 6) is -2.57. The third-order valence-electron chi connectivity index (χ3n) is 9.28. The van der Waals surface area contributed by atoms with Gasteiger partial charge in [0.15, 0.2) is 22.8 Å². The number of fused-ring (bicyclic) bond motifs is 5. The van der Waals surface area contributed by atoms with E-state index < -0.39 is 40.1 Å². The van der Waals surface area contributed by atoms with Crippen LogP contribution in [0, 0.1) is 28.6 Å². The second-order valence-electron chi connectivity index (χ2n) is 10.5. The Morgan fingerprint density at radius 2 is 2.00 bits per heavy atom. The zero-order valence-electron chi connectivity index (χ0n) is 19.1. The van der Waals surface area contributed by atoms with Crippen molar-refractivity contribution in [3.63, 3.8) is 0 Å². The van der Waals surface area contributed by atoms with Gasteiger partial charge in [-0.05, 0) is 50.7 Å². The van der Waals surface area contributed by atoms with Crippen LogP contribution in [-0.2, 0) is 19.1 Å².